The fourth-order valence-corrected chi connectivity index (χ4v) is 2.29. The maximum Gasteiger partial charge on any atom is 0.170 e. The molecule has 0 saturated heterocycles. The second-order valence-corrected chi connectivity index (χ2v) is 4.49. The number of aromatic nitrogens is 2. The summed E-state index contributed by atoms with van der Waals surface area (Å²) in [7, 11) is 1.44. The zero-order valence-electron chi connectivity index (χ0n) is 11.9. The lowest BCUT2D eigenvalue weighted by Gasteiger charge is -2.19. The van der Waals surface area contributed by atoms with Crippen LogP contribution in [-0.2, 0) is 6.54 Å². The van der Waals surface area contributed by atoms with Crippen molar-refractivity contribution in [2.45, 2.75) is 26.4 Å². The molecule has 1 unspecified atom stereocenters. The first-order valence-corrected chi connectivity index (χ1v) is 6.45. The number of nitrogens with two attached hydrogens (primary N) is 1. The predicted octanol–water partition coefficient (Wildman–Crippen LogP) is 1.91. The monoisotopic (exact) mass is 278 g/mol. The summed E-state index contributed by atoms with van der Waals surface area (Å²) >= 11 is 0. The van der Waals surface area contributed by atoms with Crippen LogP contribution in [0, 0.1) is 12.7 Å². The fraction of sp³-hybridized carbons (Fsp3) is 0.357. The van der Waals surface area contributed by atoms with Crippen LogP contribution < -0.4 is 16.0 Å². The van der Waals surface area contributed by atoms with Crippen LogP contribution in [0.15, 0.2) is 24.3 Å². The van der Waals surface area contributed by atoms with Crippen LogP contribution in [-0.4, -0.2) is 16.9 Å². The van der Waals surface area contributed by atoms with E-state index in [4.69, 9.17) is 10.6 Å². The van der Waals surface area contributed by atoms with Gasteiger partial charge in [0.25, 0.3) is 0 Å². The Labute approximate surface area is 117 Å². The number of aryl methyl sites for hydroxylation is 2. The molecular weight excluding hydrogens is 259 g/mol. The van der Waals surface area contributed by atoms with Gasteiger partial charge in [-0.25, -0.2) is 9.82 Å². The van der Waals surface area contributed by atoms with Gasteiger partial charge in [0.15, 0.2) is 11.6 Å². The number of ether oxygens (including phenoxy) is 1. The summed E-state index contributed by atoms with van der Waals surface area (Å²) in [5.74, 6) is 5.41. The number of methoxy groups -OCH3 is 1. The zero-order valence-corrected chi connectivity index (χ0v) is 11.9. The summed E-state index contributed by atoms with van der Waals surface area (Å²) in [5.41, 5.74) is 4.78. The molecule has 0 fully saturated rings. The molecule has 3 N–H and O–H groups in total. The largest absolute Gasteiger partial charge is 0.494 e. The standard InChI is InChI=1S/C14H19FN4O/c1-4-19-11(8-9(2)18-19)14(17-16)10-6-5-7-12(20-3)13(10)15/h5-8,14,17H,4,16H2,1-3H3. The molecule has 2 rings (SSSR count). The van der Waals surface area contributed by atoms with Crippen LogP contribution in [0.5, 0.6) is 5.75 Å². The SMILES string of the molecule is CCn1nc(C)cc1C(NN)c1cccc(OC)c1F. The van der Waals surface area contributed by atoms with Gasteiger partial charge in [-0.05, 0) is 26.0 Å². The number of hydrazine groups is 1. The normalized spacial score (nSPS) is 12.4. The van der Waals surface area contributed by atoms with Crippen molar-refractivity contribution in [2.75, 3.05) is 7.11 Å². The number of halogens is 1. The molecule has 6 heteroatoms. The van der Waals surface area contributed by atoms with E-state index in [-0.39, 0.29) is 5.75 Å². The number of rotatable bonds is 5. The highest BCUT2D eigenvalue weighted by Gasteiger charge is 2.22. The fourth-order valence-electron chi connectivity index (χ4n) is 2.29. The molecule has 0 spiro atoms. The van der Waals surface area contributed by atoms with Gasteiger partial charge in [-0.2, -0.15) is 5.10 Å². The van der Waals surface area contributed by atoms with E-state index in [2.05, 4.69) is 10.5 Å². The molecule has 20 heavy (non-hydrogen) atoms. The van der Waals surface area contributed by atoms with E-state index in [9.17, 15) is 4.39 Å². The summed E-state index contributed by atoms with van der Waals surface area (Å²) in [4.78, 5) is 0. The summed E-state index contributed by atoms with van der Waals surface area (Å²) < 4.78 is 21.2. The molecule has 0 amide bonds. The molecule has 0 aliphatic carbocycles. The van der Waals surface area contributed by atoms with Crippen LogP contribution in [0.25, 0.3) is 0 Å². The van der Waals surface area contributed by atoms with Crippen molar-refractivity contribution in [3.05, 3.63) is 47.0 Å². The Morgan fingerprint density at radius 2 is 2.25 bits per heavy atom. The van der Waals surface area contributed by atoms with Gasteiger partial charge in [0, 0.05) is 12.1 Å². The summed E-state index contributed by atoms with van der Waals surface area (Å²) in [5, 5.41) is 4.36. The van der Waals surface area contributed by atoms with Gasteiger partial charge in [-0.1, -0.05) is 12.1 Å². The first-order chi connectivity index (χ1) is 9.62. The summed E-state index contributed by atoms with van der Waals surface area (Å²) in [6.07, 6.45) is 0. The van der Waals surface area contributed by atoms with E-state index in [0.717, 1.165) is 11.4 Å². The van der Waals surface area contributed by atoms with Gasteiger partial charge in [-0.15, -0.1) is 0 Å². The van der Waals surface area contributed by atoms with E-state index in [0.29, 0.717) is 12.1 Å². The molecule has 108 valence electrons. The van der Waals surface area contributed by atoms with E-state index in [1.807, 2.05) is 19.9 Å². The van der Waals surface area contributed by atoms with Crippen molar-refractivity contribution < 1.29 is 9.13 Å². The first kappa shape index (κ1) is 14.5. The maximum atomic E-state index is 14.4. The predicted molar refractivity (Wildman–Crippen MR) is 74.8 cm³/mol. The van der Waals surface area contributed by atoms with Gasteiger partial charge in [0.1, 0.15) is 0 Å². The average Bonchev–Trinajstić information content (AvgIpc) is 2.82. The highest BCUT2D eigenvalue weighted by atomic mass is 19.1. The lowest BCUT2D eigenvalue weighted by Crippen LogP contribution is -2.31. The highest BCUT2D eigenvalue weighted by molar-refractivity contribution is 5.37. The third-order valence-corrected chi connectivity index (χ3v) is 3.22. The van der Waals surface area contributed by atoms with Gasteiger partial charge < -0.3 is 4.74 Å². The van der Waals surface area contributed by atoms with Crippen LogP contribution >= 0.6 is 0 Å². The van der Waals surface area contributed by atoms with E-state index < -0.39 is 11.9 Å². The molecule has 0 saturated carbocycles. The Hall–Kier alpha value is -1.92. The first-order valence-electron chi connectivity index (χ1n) is 6.45. The van der Waals surface area contributed by atoms with Crippen molar-refractivity contribution in [1.29, 1.82) is 0 Å². The lowest BCUT2D eigenvalue weighted by molar-refractivity contribution is 0.381. The molecule has 0 bridgehead atoms. The number of hydrogen-bond donors (Lipinski definition) is 2. The Kier molecular flexibility index (Phi) is 4.36. The van der Waals surface area contributed by atoms with Crippen molar-refractivity contribution in [1.82, 2.24) is 15.2 Å². The van der Waals surface area contributed by atoms with E-state index in [1.54, 1.807) is 22.9 Å². The van der Waals surface area contributed by atoms with Gasteiger partial charge >= 0.3 is 0 Å². The summed E-state index contributed by atoms with van der Waals surface area (Å²) in [6, 6.07) is 6.42. The van der Waals surface area contributed by atoms with Crippen LogP contribution in [0.2, 0.25) is 0 Å². The van der Waals surface area contributed by atoms with Crippen LogP contribution in [0.1, 0.15) is 29.9 Å². The second-order valence-electron chi connectivity index (χ2n) is 4.49. The minimum Gasteiger partial charge on any atom is -0.494 e. The van der Waals surface area contributed by atoms with Crippen LogP contribution in [0.3, 0.4) is 0 Å². The minimum absolute atomic E-state index is 0.196. The van der Waals surface area contributed by atoms with Gasteiger partial charge in [0.2, 0.25) is 0 Å². The van der Waals surface area contributed by atoms with Gasteiger partial charge in [-0.3, -0.25) is 10.5 Å². The molecule has 1 atom stereocenters. The highest BCUT2D eigenvalue weighted by Crippen LogP contribution is 2.29. The molecular formula is C14H19FN4O. The van der Waals surface area contributed by atoms with Gasteiger partial charge in [0.05, 0.1) is 24.5 Å². The molecule has 0 aliphatic heterocycles. The zero-order chi connectivity index (χ0) is 14.7. The van der Waals surface area contributed by atoms with Crippen LogP contribution in [0.4, 0.5) is 4.39 Å². The molecule has 1 aromatic carbocycles. The molecule has 5 nitrogen and oxygen atoms in total. The molecule has 0 aliphatic rings. The molecule has 0 radical (unpaired) electrons. The Morgan fingerprint density at radius 1 is 1.50 bits per heavy atom. The maximum absolute atomic E-state index is 14.4. The van der Waals surface area contributed by atoms with Crippen molar-refractivity contribution in [3.8, 4) is 5.75 Å². The third kappa shape index (κ3) is 2.52. The number of nitrogens with zero attached hydrogens (tertiary/aromatic N) is 2. The molecule has 2 aromatic rings. The van der Waals surface area contributed by atoms with Crippen molar-refractivity contribution in [2.24, 2.45) is 5.84 Å². The topological polar surface area (TPSA) is 65.1 Å². The van der Waals surface area contributed by atoms with E-state index in [1.165, 1.54) is 7.11 Å². The molecule has 1 heterocycles. The number of hydrogen-bond acceptors (Lipinski definition) is 4. The average molecular weight is 278 g/mol. The van der Waals surface area contributed by atoms with E-state index >= 15 is 0 Å². The Bertz CT molecular complexity index is 597. The second kappa shape index (κ2) is 6.02. The number of nitrogens with one attached hydrogen (secondary N) is 1. The number of benzene rings is 1. The Morgan fingerprint density at radius 3 is 2.85 bits per heavy atom. The quantitative estimate of drug-likeness (QED) is 0.648. The van der Waals surface area contributed by atoms with Crippen molar-refractivity contribution >= 4 is 0 Å². The van der Waals surface area contributed by atoms with Crippen molar-refractivity contribution in [3.63, 3.8) is 0 Å². The lowest BCUT2D eigenvalue weighted by atomic mass is 10.0. The third-order valence-electron chi connectivity index (χ3n) is 3.22. The molecule has 1 aromatic heterocycles. The summed E-state index contributed by atoms with van der Waals surface area (Å²) in [6.45, 7) is 4.56. The smallest absolute Gasteiger partial charge is 0.170 e. The Balaban J connectivity index is 2.52. The minimum atomic E-state index is -0.480.